The molecule has 2 aromatic carbocycles. The molecule has 43 heavy (non-hydrogen) atoms. The minimum Gasteiger partial charge on any atom is -0.491 e. The molecule has 230 valence electrons. The molecule has 4 rings (SSSR count). The summed E-state index contributed by atoms with van der Waals surface area (Å²) in [6.07, 6.45) is 0.220. The topological polar surface area (TPSA) is 218 Å². The minimum atomic E-state index is -3.92. The van der Waals surface area contributed by atoms with Gasteiger partial charge in [-0.3, -0.25) is 4.79 Å². The van der Waals surface area contributed by atoms with Crippen LogP contribution < -0.4 is 19.9 Å². The van der Waals surface area contributed by atoms with Gasteiger partial charge in [0.15, 0.2) is 6.04 Å². The van der Waals surface area contributed by atoms with Crippen LogP contribution in [0, 0.1) is 0 Å². The summed E-state index contributed by atoms with van der Waals surface area (Å²) in [6, 6.07) is 10.1. The molecular weight excluding hydrogens is 610 g/mol. The van der Waals surface area contributed by atoms with E-state index in [-0.39, 0.29) is 37.3 Å². The number of ether oxygens (including phenoxy) is 3. The van der Waals surface area contributed by atoms with Crippen LogP contribution in [0.2, 0.25) is 0 Å². The normalized spacial score (nSPS) is 13.0. The van der Waals surface area contributed by atoms with E-state index in [0.717, 1.165) is 11.3 Å². The number of halogens is 1. The van der Waals surface area contributed by atoms with E-state index in [2.05, 4.69) is 20.6 Å². The second kappa shape index (κ2) is 14.3. The summed E-state index contributed by atoms with van der Waals surface area (Å²) >= 11 is 0.911. The van der Waals surface area contributed by atoms with Crippen molar-refractivity contribution in [2.45, 2.75) is 36.2 Å². The summed E-state index contributed by atoms with van der Waals surface area (Å²) in [5.41, 5.74) is 1.47. The Morgan fingerprint density at radius 2 is 1.91 bits per heavy atom. The number of aromatic nitrogens is 4. The van der Waals surface area contributed by atoms with Gasteiger partial charge in [-0.25, -0.2) is 32.4 Å². The third-order valence-corrected chi connectivity index (χ3v) is 7.91. The van der Waals surface area contributed by atoms with Gasteiger partial charge in [-0.15, -0.1) is 16.4 Å². The van der Waals surface area contributed by atoms with Crippen LogP contribution in [0.15, 0.2) is 53.0 Å². The number of aliphatic hydroxyl groups is 1. The zero-order chi connectivity index (χ0) is 31.0. The van der Waals surface area contributed by atoms with E-state index < -0.39 is 40.7 Å². The number of nitrogens with zero attached hydrogens (tertiary/aromatic N) is 4. The van der Waals surface area contributed by atoms with Gasteiger partial charge in [0.05, 0.1) is 29.6 Å². The van der Waals surface area contributed by atoms with E-state index in [1.54, 1.807) is 42.5 Å². The summed E-state index contributed by atoms with van der Waals surface area (Å²) in [7, 11) is -3.92. The Morgan fingerprint density at radius 1 is 1.12 bits per heavy atom. The van der Waals surface area contributed by atoms with Crippen molar-refractivity contribution < 1.29 is 46.8 Å². The fourth-order valence-corrected chi connectivity index (χ4v) is 5.24. The monoisotopic (exact) mass is 637 g/mol. The number of benzene rings is 2. The van der Waals surface area contributed by atoms with Crippen LogP contribution in [-0.4, -0.2) is 82.5 Å². The lowest BCUT2D eigenvalue weighted by atomic mass is 10.2. The summed E-state index contributed by atoms with van der Waals surface area (Å²) in [5, 5.41) is 34.1. The molecule has 0 aliphatic rings. The van der Waals surface area contributed by atoms with Crippen molar-refractivity contribution in [3.8, 4) is 11.5 Å². The van der Waals surface area contributed by atoms with E-state index in [4.69, 9.17) is 19.3 Å². The first-order valence-corrected chi connectivity index (χ1v) is 14.9. The molecule has 0 saturated carbocycles. The van der Waals surface area contributed by atoms with Gasteiger partial charge in [0.2, 0.25) is 10.2 Å². The van der Waals surface area contributed by atoms with Crippen molar-refractivity contribution in [2.75, 3.05) is 19.9 Å². The van der Waals surface area contributed by atoms with Crippen molar-refractivity contribution in [1.29, 1.82) is 0 Å². The Labute approximate surface area is 248 Å². The number of alkyl halides is 1. The van der Waals surface area contributed by atoms with E-state index >= 15 is 0 Å². The number of carboxylic acid groups (broad SMARTS) is 1. The molecule has 2 aromatic heterocycles. The molecule has 1 unspecified atom stereocenters. The highest BCUT2D eigenvalue weighted by Gasteiger charge is 2.21. The van der Waals surface area contributed by atoms with Crippen LogP contribution in [-0.2, 0) is 44.1 Å². The molecule has 0 bridgehead atoms. The quantitative estimate of drug-likeness (QED) is 0.133. The fourth-order valence-electron chi connectivity index (χ4n) is 3.55. The molecule has 1 amide bonds. The molecule has 4 aromatic rings. The Hall–Kier alpha value is -4.23. The van der Waals surface area contributed by atoms with E-state index in [0.29, 0.717) is 33.0 Å². The van der Waals surface area contributed by atoms with Crippen LogP contribution >= 0.6 is 11.3 Å². The third-order valence-electron chi connectivity index (χ3n) is 5.57. The lowest BCUT2D eigenvalue weighted by Gasteiger charge is -2.15. The molecule has 5 N–H and O–H groups in total. The Morgan fingerprint density at radius 3 is 2.65 bits per heavy atom. The molecule has 0 fully saturated rings. The number of fused-ring (bicyclic) bond motifs is 1. The molecular formula is C25H27FN6O9S2. The van der Waals surface area contributed by atoms with Crippen LogP contribution in [0.5, 0.6) is 11.5 Å². The largest absolute Gasteiger partial charge is 0.491 e. The van der Waals surface area contributed by atoms with E-state index in [1.165, 1.54) is 10.9 Å². The van der Waals surface area contributed by atoms with Crippen LogP contribution in [0.3, 0.4) is 0 Å². The number of sulfonamides is 1. The van der Waals surface area contributed by atoms with E-state index in [9.17, 15) is 32.6 Å². The number of nitrogens with two attached hydrogens (primary N) is 1. The van der Waals surface area contributed by atoms with Crippen molar-refractivity contribution in [1.82, 2.24) is 25.3 Å². The maximum absolute atomic E-state index is 12.5. The maximum atomic E-state index is 12.5. The SMILES string of the molecule is NS(=O)(=O)c1nc2ccc(OCc3cn(CC(=O)N[C@@H](COCc4cccc(OCC(O)C[18F])c4)C(=O)O)nn3)cc2s1. The fraction of sp³-hybridized carbons (Fsp3) is 0.320. The highest BCUT2D eigenvalue weighted by molar-refractivity contribution is 7.91. The molecule has 2 heterocycles. The number of hydrogen-bond donors (Lipinski definition) is 4. The van der Waals surface area contributed by atoms with Crippen LogP contribution in [0.1, 0.15) is 11.3 Å². The van der Waals surface area contributed by atoms with Gasteiger partial charge in [-0.05, 0) is 35.9 Å². The molecule has 0 aliphatic carbocycles. The van der Waals surface area contributed by atoms with Gasteiger partial charge in [0, 0.05) is 0 Å². The molecule has 0 spiro atoms. The third kappa shape index (κ3) is 9.38. The molecule has 0 aliphatic heterocycles. The first-order valence-electron chi connectivity index (χ1n) is 12.5. The Kier molecular flexibility index (Phi) is 10.5. The van der Waals surface area contributed by atoms with E-state index in [1.807, 2.05) is 0 Å². The molecule has 0 saturated heterocycles. The maximum Gasteiger partial charge on any atom is 0.328 e. The average molecular weight is 638 g/mol. The van der Waals surface area contributed by atoms with Gasteiger partial charge in [0.1, 0.15) is 49.7 Å². The Balaban J connectivity index is 1.24. The highest BCUT2D eigenvalue weighted by atomic mass is 32.2. The second-order valence-electron chi connectivity index (χ2n) is 9.09. The number of carbonyl (C=O) groups is 2. The predicted octanol–water partition coefficient (Wildman–Crippen LogP) is 0.610. The Bertz CT molecular complexity index is 1680. The first-order chi connectivity index (χ1) is 20.5. The number of carbonyl (C=O) groups excluding carboxylic acids is 1. The number of primary sulfonamides is 1. The number of aliphatic hydroxyl groups excluding tert-OH is 1. The van der Waals surface area contributed by atoms with Crippen LogP contribution in [0.25, 0.3) is 10.2 Å². The van der Waals surface area contributed by atoms with Crippen molar-refractivity contribution in [2.24, 2.45) is 5.14 Å². The lowest BCUT2D eigenvalue weighted by molar-refractivity contribution is -0.144. The van der Waals surface area contributed by atoms with Crippen molar-refractivity contribution in [3.63, 3.8) is 0 Å². The first kappa shape index (κ1) is 31.7. The van der Waals surface area contributed by atoms with Crippen LogP contribution in [0.4, 0.5) is 4.39 Å². The standard InChI is InChI=1S/C25H27FN6O9S2/c26-8-17(33)13-41-18-3-1-2-15(6-18)11-39-14-21(24(35)36)28-23(34)10-32-9-16(30-31-32)12-40-19-4-5-20-22(7-19)42-25(29-20)43(27,37)38/h1-7,9,17,21,33H,8,10-14H2,(H,28,34)(H,35,36)(H2,27,37,38)/t17?,21-/m0/s1/i26-1. The zero-order valence-corrected chi connectivity index (χ0v) is 24.0. The molecule has 15 nitrogen and oxygen atoms in total. The van der Waals surface area contributed by atoms with Crippen molar-refractivity contribution in [3.05, 3.63) is 59.9 Å². The molecule has 18 heteroatoms. The van der Waals surface area contributed by atoms with Crippen molar-refractivity contribution >= 4 is 43.5 Å². The summed E-state index contributed by atoms with van der Waals surface area (Å²) < 4.78 is 53.4. The number of aliphatic carboxylic acids is 1. The average Bonchev–Trinajstić information content (AvgIpc) is 3.61. The smallest absolute Gasteiger partial charge is 0.328 e. The van der Waals surface area contributed by atoms with Gasteiger partial charge in [-0.1, -0.05) is 17.3 Å². The number of rotatable bonds is 16. The molecule has 0 radical (unpaired) electrons. The number of nitrogens with one attached hydrogen (secondary N) is 1. The predicted molar refractivity (Wildman–Crippen MR) is 148 cm³/mol. The number of hydrogen-bond acceptors (Lipinski definition) is 12. The lowest BCUT2D eigenvalue weighted by Crippen LogP contribution is -2.45. The summed E-state index contributed by atoms with van der Waals surface area (Å²) in [5.74, 6) is -1.14. The van der Waals surface area contributed by atoms with Gasteiger partial charge in [0.25, 0.3) is 10.0 Å². The minimum absolute atomic E-state index is 0.0117. The molecule has 2 atom stereocenters. The van der Waals surface area contributed by atoms with Gasteiger partial charge < -0.3 is 29.7 Å². The van der Waals surface area contributed by atoms with Gasteiger partial charge in [-0.2, -0.15) is 0 Å². The number of thiazole rings is 1. The zero-order valence-electron chi connectivity index (χ0n) is 22.3. The summed E-state index contributed by atoms with van der Waals surface area (Å²) in [4.78, 5) is 28.1. The highest BCUT2D eigenvalue weighted by Crippen LogP contribution is 2.28. The summed E-state index contributed by atoms with van der Waals surface area (Å²) in [6.45, 7) is -1.79. The second-order valence-corrected chi connectivity index (χ2v) is 11.9. The number of amides is 1. The van der Waals surface area contributed by atoms with Gasteiger partial charge >= 0.3 is 5.97 Å². The number of carboxylic acids is 1.